The number of H-pyrrole nitrogens is 1. The number of nitrogens with zero attached hydrogens (tertiary/aromatic N) is 2. The van der Waals surface area contributed by atoms with Crippen molar-refractivity contribution >= 4 is 27.7 Å². The number of nitrogen functional groups attached to an aromatic ring is 1. The van der Waals surface area contributed by atoms with Crippen molar-refractivity contribution < 1.29 is 17.4 Å². The summed E-state index contributed by atoms with van der Waals surface area (Å²) in [6.07, 6.45) is -4.44. The first kappa shape index (κ1) is 15.5. The van der Waals surface area contributed by atoms with Gasteiger partial charge in [-0.15, -0.1) is 0 Å². The molecule has 9 heteroatoms. The molecule has 0 aliphatic rings. The van der Waals surface area contributed by atoms with Crippen molar-refractivity contribution in [2.24, 2.45) is 0 Å². The van der Waals surface area contributed by atoms with Gasteiger partial charge < -0.3 is 10.7 Å². The summed E-state index contributed by atoms with van der Waals surface area (Å²) >= 11 is 0. The average Bonchev–Trinajstić information content (AvgIpc) is 2.89. The minimum Gasteiger partial charge on any atom is -0.384 e. The van der Waals surface area contributed by atoms with Crippen LogP contribution in [0.5, 0.6) is 0 Å². The lowest BCUT2D eigenvalue weighted by atomic mass is 10.2. The van der Waals surface area contributed by atoms with Crippen LogP contribution in [0.3, 0.4) is 0 Å². The largest absolute Gasteiger partial charge is 0.416 e. The molecule has 3 aromatic rings. The molecule has 2 heterocycles. The Kier molecular flexibility index (Phi) is 3.80. The number of anilines is 1. The number of imidazole rings is 1. The fraction of sp³-hybridized carbons (Fsp3) is 0.143. The van der Waals surface area contributed by atoms with Crippen LogP contribution in [0, 0.1) is 0 Å². The second-order valence-electron chi connectivity index (χ2n) is 4.82. The van der Waals surface area contributed by atoms with Gasteiger partial charge in [0.25, 0.3) is 0 Å². The molecule has 0 aliphatic carbocycles. The van der Waals surface area contributed by atoms with Gasteiger partial charge in [0.15, 0.2) is 5.16 Å². The fourth-order valence-electron chi connectivity index (χ4n) is 2.05. The summed E-state index contributed by atoms with van der Waals surface area (Å²) < 4.78 is 50.4. The van der Waals surface area contributed by atoms with Gasteiger partial charge in [-0.1, -0.05) is 6.07 Å². The highest BCUT2D eigenvalue weighted by Crippen LogP contribution is 2.31. The van der Waals surface area contributed by atoms with Crippen molar-refractivity contribution in [3.8, 4) is 0 Å². The molecule has 120 valence electrons. The minimum atomic E-state index is -4.44. The van der Waals surface area contributed by atoms with Crippen LogP contribution in [0.1, 0.15) is 11.3 Å². The van der Waals surface area contributed by atoms with E-state index >= 15 is 0 Å². The Morgan fingerprint density at radius 3 is 2.65 bits per heavy atom. The summed E-state index contributed by atoms with van der Waals surface area (Å²) in [6.45, 7) is 0. The molecule has 0 bridgehead atoms. The number of fused-ring (bicyclic) bond motifs is 1. The van der Waals surface area contributed by atoms with Crippen molar-refractivity contribution in [1.29, 1.82) is 0 Å². The normalized spacial score (nSPS) is 13.3. The van der Waals surface area contributed by atoms with Crippen molar-refractivity contribution in [3.05, 3.63) is 47.7 Å². The molecule has 3 N–H and O–H groups in total. The van der Waals surface area contributed by atoms with Crippen molar-refractivity contribution in [1.82, 2.24) is 15.0 Å². The van der Waals surface area contributed by atoms with Gasteiger partial charge in [0.05, 0.1) is 38.8 Å². The molecular weight excluding hydrogens is 329 g/mol. The summed E-state index contributed by atoms with van der Waals surface area (Å²) in [5, 5.41) is 0.101. The first-order valence-corrected chi connectivity index (χ1v) is 7.81. The molecule has 5 nitrogen and oxygen atoms in total. The van der Waals surface area contributed by atoms with E-state index in [9.17, 15) is 17.4 Å². The summed E-state index contributed by atoms with van der Waals surface area (Å²) in [5.74, 6) is 0.371. The number of nitrogens with one attached hydrogen (secondary N) is 1. The second-order valence-corrected chi connectivity index (χ2v) is 6.18. The Labute approximate surface area is 131 Å². The molecule has 3 rings (SSSR count). The van der Waals surface area contributed by atoms with E-state index in [1.165, 1.54) is 6.07 Å². The van der Waals surface area contributed by atoms with E-state index in [4.69, 9.17) is 5.73 Å². The van der Waals surface area contributed by atoms with Crippen LogP contribution >= 0.6 is 0 Å². The lowest BCUT2D eigenvalue weighted by Gasteiger charge is -2.05. The fourth-order valence-corrected chi connectivity index (χ4v) is 3.04. The second kappa shape index (κ2) is 5.65. The monoisotopic (exact) mass is 340 g/mol. The van der Waals surface area contributed by atoms with Gasteiger partial charge in [-0.25, -0.2) is 9.97 Å². The molecule has 1 unspecified atom stereocenters. The maximum atomic E-state index is 12.7. The number of hydrogen-bond acceptors (Lipinski definition) is 4. The predicted molar refractivity (Wildman–Crippen MR) is 79.9 cm³/mol. The zero-order chi connectivity index (χ0) is 16.6. The van der Waals surface area contributed by atoms with Crippen molar-refractivity contribution in [2.45, 2.75) is 17.1 Å². The van der Waals surface area contributed by atoms with Crippen molar-refractivity contribution in [3.63, 3.8) is 0 Å². The molecule has 0 saturated carbocycles. The first-order chi connectivity index (χ1) is 10.8. The Balaban J connectivity index is 1.89. The standard InChI is InChI=1S/C14H11F3N4OS/c15-14(16,17)8-4-5-10-11(6-8)21-13(20-10)23(22)7-9-2-1-3-12(18)19-9/h1-6H,7H2,(H2,18,19)(H,20,21). The van der Waals surface area contributed by atoms with Gasteiger partial charge in [0.1, 0.15) is 5.82 Å². The molecule has 23 heavy (non-hydrogen) atoms. The van der Waals surface area contributed by atoms with E-state index in [0.717, 1.165) is 12.1 Å². The highest BCUT2D eigenvalue weighted by atomic mass is 32.2. The number of rotatable bonds is 3. The van der Waals surface area contributed by atoms with Gasteiger partial charge in [-0.3, -0.25) is 4.21 Å². The van der Waals surface area contributed by atoms with Crippen LogP contribution in [0.4, 0.5) is 19.0 Å². The molecule has 0 amide bonds. The van der Waals surface area contributed by atoms with Crippen LogP contribution < -0.4 is 5.73 Å². The molecule has 2 aromatic heterocycles. The summed E-state index contributed by atoms with van der Waals surface area (Å²) in [7, 11) is -1.57. The lowest BCUT2D eigenvalue weighted by molar-refractivity contribution is -0.137. The highest BCUT2D eigenvalue weighted by Gasteiger charge is 2.30. The Bertz CT molecular complexity index is 891. The number of benzene rings is 1. The predicted octanol–water partition coefficient (Wildman–Crippen LogP) is 2.87. The number of nitrogens with two attached hydrogens (primary N) is 1. The maximum absolute atomic E-state index is 12.7. The molecular formula is C14H11F3N4OS. The van der Waals surface area contributed by atoms with E-state index in [-0.39, 0.29) is 16.4 Å². The first-order valence-electron chi connectivity index (χ1n) is 6.50. The Hall–Kier alpha value is -2.42. The topological polar surface area (TPSA) is 84.7 Å². The number of hydrogen-bond donors (Lipinski definition) is 2. The smallest absolute Gasteiger partial charge is 0.384 e. The quantitative estimate of drug-likeness (QED) is 0.768. The van der Waals surface area contributed by atoms with Gasteiger partial charge in [-0.05, 0) is 30.3 Å². The SMILES string of the molecule is Nc1cccc(CS(=O)c2nc3ccc(C(F)(F)F)cc3[nH]2)n1. The van der Waals surface area contributed by atoms with E-state index in [2.05, 4.69) is 15.0 Å². The maximum Gasteiger partial charge on any atom is 0.416 e. The van der Waals surface area contributed by atoms with Crippen LogP contribution in [-0.4, -0.2) is 19.2 Å². The van der Waals surface area contributed by atoms with E-state index in [1.807, 2.05) is 0 Å². The molecule has 0 aliphatic heterocycles. The molecule has 1 atom stereocenters. The number of aromatic amines is 1. The lowest BCUT2D eigenvalue weighted by Crippen LogP contribution is -2.04. The Morgan fingerprint density at radius 1 is 1.17 bits per heavy atom. The van der Waals surface area contributed by atoms with E-state index < -0.39 is 22.5 Å². The number of alkyl halides is 3. The van der Waals surface area contributed by atoms with Gasteiger partial charge in [0, 0.05) is 0 Å². The third-order valence-corrected chi connectivity index (χ3v) is 4.29. The summed E-state index contributed by atoms with van der Waals surface area (Å²) in [6, 6.07) is 8.08. The molecule has 0 radical (unpaired) electrons. The number of halogens is 3. The van der Waals surface area contributed by atoms with Gasteiger partial charge >= 0.3 is 6.18 Å². The minimum absolute atomic E-state index is 0.0665. The van der Waals surface area contributed by atoms with Gasteiger partial charge in [0.2, 0.25) is 0 Å². The highest BCUT2D eigenvalue weighted by molar-refractivity contribution is 7.84. The molecule has 0 spiro atoms. The Morgan fingerprint density at radius 2 is 1.96 bits per heavy atom. The van der Waals surface area contributed by atoms with Crippen LogP contribution in [0.2, 0.25) is 0 Å². The van der Waals surface area contributed by atoms with E-state index in [1.54, 1.807) is 18.2 Å². The zero-order valence-electron chi connectivity index (χ0n) is 11.6. The van der Waals surface area contributed by atoms with Crippen LogP contribution in [-0.2, 0) is 22.7 Å². The third kappa shape index (κ3) is 3.34. The molecule has 0 saturated heterocycles. The van der Waals surface area contributed by atoms with Crippen molar-refractivity contribution in [2.75, 3.05) is 5.73 Å². The molecule has 1 aromatic carbocycles. The summed E-state index contributed by atoms with van der Waals surface area (Å²) in [4.78, 5) is 10.8. The third-order valence-electron chi connectivity index (χ3n) is 3.11. The number of pyridine rings is 1. The molecule has 0 fully saturated rings. The van der Waals surface area contributed by atoms with Gasteiger partial charge in [-0.2, -0.15) is 13.2 Å². The van der Waals surface area contributed by atoms with E-state index in [0.29, 0.717) is 17.0 Å². The van der Waals surface area contributed by atoms with Crippen LogP contribution in [0.15, 0.2) is 41.6 Å². The number of aromatic nitrogens is 3. The zero-order valence-corrected chi connectivity index (χ0v) is 12.4. The summed E-state index contributed by atoms with van der Waals surface area (Å²) in [5.41, 5.74) is 5.78. The average molecular weight is 340 g/mol. The van der Waals surface area contributed by atoms with Crippen LogP contribution in [0.25, 0.3) is 11.0 Å².